The maximum atomic E-state index is 12.8. The highest BCUT2D eigenvalue weighted by Gasteiger charge is 2.46. The molecule has 1 saturated heterocycles. The lowest BCUT2D eigenvalue weighted by atomic mass is 10.0. The van der Waals surface area contributed by atoms with Crippen molar-refractivity contribution in [3.63, 3.8) is 0 Å². The Morgan fingerprint density at radius 2 is 1.78 bits per heavy atom. The van der Waals surface area contributed by atoms with E-state index in [2.05, 4.69) is 18.7 Å². The zero-order chi connectivity index (χ0) is 20.4. The molecule has 0 atom stereocenters. The van der Waals surface area contributed by atoms with Gasteiger partial charge in [-0.2, -0.15) is 21.6 Å². The van der Waals surface area contributed by atoms with Crippen LogP contribution in [-0.4, -0.2) is 61.9 Å². The molecule has 10 heteroatoms. The lowest BCUT2D eigenvalue weighted by molar-refractivity contribution is -0.0429. The molecule has 27 heavy (non-hydrogen) atoms. The van der Waals surface area contributed by atoms with Crippen LogP contribution in [0, 0.1) is 0 Å². The second-order valence-corrected chi connectivity index (χ2v) is 8.55. The molecule has 0 saturated carbocycles. The number of carbonyl (C=O) groups is 1. The minimum Gasteiger partial charge on any atom is -0.339 e. The molecule has 0 aliphatic carbocycles. The van der Waals surface area contributed by atoms with Crippen LogP contribution in [-0.2, 0) is 10.0 Å². The van der Waals surface area contributed by atoms with Gasteiger partial charge >= 0.3 is 15.5 Å². The van der Waals surface area contributed by atoms with E-state index >= 15 is 0 Å². The van der Waals surface area contributed by atoms with E-state index in [-0.39, 0.29) is 17.3 Å². The van der Waals surface area contributed by atoms with Crippen LogP contribution in [0.15, 0.2) is 24.3 Å². The number of piperidine rings is 1. The van der Waals surface area contributed by atoms with Crippen molar-refractivity contribution in [2.75, 3.05) is 24.9 Å². The summed E-state index contributed by atoms with van der Waals surface area (Å²) in [5.41, 5.74) is -5.95. The summed E-state index contributed by atoms with van der Waals surface area (Å²) in [7, 11) is -4.01. The highest BCUT2D eigenvalue weighted by molar-refractivity contribution is 7.93. The van der Waals surface area contributed by atoms with Crippen molar-refractivity contribution in [3.8, 4) is 0 Å². The molecule has 1 heterocycles. The molecule has 0 unspecified atom stereocenters. The molecule has 1 aliphatic heterocycles. The number of amides is 1. The number of benzene rings is 1. The molecule has 1 fully saturated rings. The highest BCUT2D eigenvalue weighted by Crippen LogP contribution is 2.28. The van der Waals surface area contributed by atoms with Crippen molar-refractivity contribution in [2.24, 2.45) is 0 Å². The number of halogens is 3. The Bertz CT molecular complexity index is 773. The molecule has 1 aromatic rings. The molecule has 1 aromatic carbocycles. The summed E-state index contributed by atoms with van der Waals surface area (Å²) in [6.07, 6.45) is 1.49. The number of sulfonamides is 1. The zero-order valence-corrected chi connectivity index (χ0v) is 16.3. The van der Waals surface area contributed by atoms with E-state index in [0.717, 1.165) is 32.0 Å². The number of likely N-dealkylation sites (tertiary alicyclic amines) is 1. The average Bonchev–Trinajstić information content (AvgIpc) is 2.59. The van der Waals surface area contributed by atoms with Gasteiger partial charge in [0.15, 0.2) is 0 Å². The normalized spacial score (nSPS) is 17.1. The molecule has 1 aliphatic rings. The predicted molar refractivity (Wildman–Crippen MR) is 96.9 cm³/mol. The maximum Gasteiger partial charge on any atom is 0.516 e. The van der Waals surface area contributed by atoms with Crippen molar-refractivity contribution in [3.05, 3.63) is 29.8 Å². The van der Waals surface area contributed by atoms with E-state index in [9.17, 15) is 26.4 Å². The highest BCUT2D eigenvalue weighted by atomic mass is 32.2. The number of hydrogen-bond acceptors (Lipinski definition) is 4. The van der Waals surface area contributed by atoms with E-state index in [0.29, 0.717) is 6.04 Å². The van der Waals surface area contributed by atoms with Crippen molar-refractivity contribution in [1.29, 1.82) is 0 Å². The summed E-state index contributed by atoms with van der Waals surface area (Å²) in [5.74, 6) is -0.515. The van der Waals surface area contributed by atoms with Crippen LogP contribution in [0.1, 0.15) is 37.0 Å². The van der Waals surface area contributed by atoms with Gasteiger partial charge in [0.1, 0.15) is 0 Å². The minimum atomic E-state index is -5.60. The summed E-state index contributed by atoms with van der Waals surface area (Å²) in [6.45, 7) is 5.83. The van der Waals surface area contributed by atoms with E-state index in [1.54, 1.807) is 7.05 Å². The smallest absolute Gasteiger partial charge is 0.339 e. The number of rotatable bonds is 5. The average molecular weight is 407 g/mol. The third-order valence-electron chi connectivity index (χ3n) is 4.80. The first-order valence-electron chi connectivity index (χ1n) is 8.63. The molecule has 2 rings (SSSR count). The minimum absolute atomic E-state index is 0.0558. The molecular weight excluding hydrogens is 383 g/mol. The summed E-state index contributed by atoms with van der Waals surface area (Å²) in [6, 6.07) is 5.66. The molecule has 1 N–H and O–H groups in total. The van der Waals surface area contributed by atoms with Gasteiger partial charge in [-0.15, -0.1) is 0 Å². The molecule has 0 aromatic heterocycles. The number of para-hydroxylation sites is 1. The maximum absolute atomic E-state index is 12.8. The van der Waals surface area contributed by atoms with E-state index in [1.165, 1.54) is 27.8 Å². The first kappa shape index (κ1) is 21.5. The Labute approximate surface area is 157 Å². The standard InChI is InChI=1S/C17H24F3N3O3S/c1-12(2)23-10-8-13(9-11-23)22(3)16(24)14-6-4-5-7-15(14)21-27(25,26)17(18,19)20/h4-7,12-13,21H,8-11H2,1-3H3. The number of nitrogens with one attached hydrogen (secondary N) is 1. The van der Waals surface area contributed by atoms with Gasteiger partial charge in [0.2, 0.25) is 0 Å². The van der Waals surface area contributed by atoms with Crippen LogP contribution < -0.4 is 4.72 Å². The van der Waals surface area contributed by atoms with Crippen LogP contribution in [0.25, 0.3) is 0 Å². The topological polar surface area (TPSA) is 69.7 Å². The third kappa shape index (κ3) is 4.92. The molecule has 152 valence electrons. The van der Waals surface area contributed by atoms with Gasteiger partial charge in [0, 0.05) is 32.2 Å². The fourth-order valence-electron chi connectivity index (χ4n) is 3.11. The fraction of sp³-hybridized carbons (Fsp3) is 0.588. The Morgan fingerprint density at radius 1 is 1.22 bits per heavy atom. The van der Waals surface area contributed by atoms with Crippen LogP contribution in [0.4, 0.5) is 18.9 Å². The molecular formula is C17H24F3N3O3S. The summed E-state index contributed by atoms with van der Waals surface area (Å²) in [4.78, 5) is 16.6. The van der Waals surface area contributed by atoms with Gasteiger partial charge in [-0.1, -0.05) is 12.1 Å². The number of alkyl halides is 3. The largest absolute Gasteiger partial charge is 0.516 e. The number of anilines is 1. The van der Waals surface area contributed by atoms with Gasteiger partial charge in [-0.05, 0) is 38.8 Å². The second-order valence-electron chi connectivity index (χ2n) is 6.87. The Kier molecular flexibility index (Phi) is 6.41. The van der Waals surface area contributed by atoms with Crippen LogP contribution in [0.5, 0.6) is 0 Å². The number of carbonyl (C=O) groups excluding carboxylic acids is 1. The lowest BCUT2D eigenvalue weighted by Gasteiger charge is -2.38. The predicted octanol–water partition coefficient (Wildman–Crippen LogP) is 2.89. The third-order valence-corrected chi connectivity index (χ3v) is 5.90. The summed E-state index contributed by atoms with van der Waals surface area (Å²) in [5, 5.41) is 0. The van der Waals surface area contributed by atoms with E-state index < -0.39 is 21.4 Å². The van der Waals surface area contributed by atoms with E-state index in [1.807, 2.05) is 0 Å². The zero-order valence-electron chi connectivity index (χ0n) is 15.5. The molecule has 0 radical (unpaired) electrons. The number of nitrogens with zero attached hydrogens (tertiary/aromatic N) is 2. The van der Waals surface area contributed by atoms with Gasteiger partial charge in [0.25, 0.3) is 5.91 Å². The van der Waals surface area contributed by atoms with Crippen LogP contribution in [0.2, 0.25) is 0 Å². The number of hydrogen-bond donors (Lipinski definition) is 1. The second kappa shape index (κ2) is 8.05. The molecule has 1 amide bonds. The monoisotopic (exact) mass is 407 g/mol. The van der Waals surface area contributed by atoms with Gasteiger partial charge in [-0.3, -0.25) is 9.52 Å². The summed E-state index contributed by atoms with van der Waals surface area (Å²) < 4.78 is 62.2. The Morgan fingerprint density at radius 3 is 2.30 bits per heavy atom. The van der Waals surface area contributed by atoms with Crippen LogP contribution >= 0.6 is 0 Å². The van der Waals surface area contributed by atoms with Crippen molar-refractivity contribution in [1.82, 2.24) is 9.80 Å². The first-order valence-corrected chi connectivity index (χ1v) is 10.1. The fourth-order valence-corrected chi connectivity index (χ4v) is 3.69. The van der Waals surface area contributed by atoms with Crippen molar-refractivity contribution in [2.45, 2.75) is 44.3 Å². The van der Waals surface area contributed by atoms with E-state index in [4.69, 9.17) is 0 Å². The Balaban J connectivity index is 2.18. The lowest BCUT2D eigenvalue weighted by Crippen LogP contribution is -2.47. The van der Waals surface area contributed by atoms with Gasteiger partial charge in [0.05, 0.1) is 11.3 Å². The summed E-state index contributed by atoms with van der Waals surface area (Å²) >= 11 is 0. The Hall–Kier alpha value is -1.81. The molecule has 0 spiro atoms. The van der Waals surface area contributed by atoms with Gasteiger partial charge < -0.3 is 9.80 Å². The first-order chi connectivity index (χ1) is 12.4. The molecule has 0 bridgehead atoms. The molecule has 6 nitrogen and oxygen atoms in total. The van der Waals surface area contributed by atoms with Crippen LogP contribution in [0.3, 0.4) is 0 Å². The van der Waals surface area contributed by atoms with Crippen molar-refractivity contribution >= 4 is 21.6 Å². The van der Waals surface area contributed by atoms with Gasteiger partial charge in [-0.25, -0.2) is 0 Å². The van der Waals surface area contributed by atoms with Crippen molar-refractivity contribution < 1.29 is 26.4 Å². The SMILES string of the molecule is CC(C)N1CCC(N(C)C(=O)c2ccccc2NS(=O)(=O)C(F)(F)F)CC1. The quantitative estimate of drug-likeness (QED) is 0.815.